The Hall–Kier alpha value is -3.36. The number of halogens is 1. The van der Waals surface area contributed by atoms with E-state index in [9.17, 15) is 9.59 Å². The fourth-order valence-electron chi connectivity index (χ4n) is 6.27. The van der Waals surface area contributed by atoms with Crippen molar-refractivity contribution in [2.24, 2.45) is 5.92 Å². The molecule has 2 aliphatic rings. The molecular weight excluding hydrogens is 600 g/mol. The standard InChI is InChI=1S/C37H49ClN4O4/c1-36(2,3)45-33(43)25-40-19-17-29(18-20-40)34-31-14-11-27(23-32(31)42(39-34)24-28-9-12-30(38)13-10-28)8-7-26-15-21-41(22-16-26)35(44)46-37(4,5)6/h7-14,23,26,29H,15-22,24-25H2,1-6H3/b8-7+. The van der Waals surface area contributed by atoms with Crippen LogP contribution in [0, 0.1) is 5.92 Å². The van der Waals surface area contributed by atoms with Crippen LogP contribution in [0.4, 0.5) is 4.79 Å². The zero-order chi connectivity index (χ0) is 33.1. The van der Waals surface area contributed by atoms with E-state index < -0.39 is 11.2 Å². The molecule has 2 aromatic carbocycles. The van der Waals surface area contributed by atoms with Crippen LogP contribution in [-0.4, -0.2) is 75.6 Å². The first kappa shape index (κ1) is 34.0. The fourth-order valence-corrected chi connectivity index (χ4v) is 6.40. The van der Waals surface area contributed by atoms with Crippen molar-refractivity contribution in [1.82, 2.24) is 19.6 Å². The summed E-state index contributed by atoms with van der Waals surface area (Å²) in [6.07, 6.45) is 8.00. The number of piperidine rings is 2. The van der Waals surface area contributed by atoms with E-state index in [2.05, 4.69) is 52.1 Å². The van der Waals surface area contributed by atoms with Gasteiger partial charge >= 0.3 is 12.1 Å². The van der Waals surface area contributed by atoms with Gasteiger partial charge in [-0.2, -0.15) is 5.10 Å². The molecule has 0 saturated carbocycles. The molecule has 1 amide bonds. The fraction of sp³-hybridized carbons (Fsp3) is 0.541. The molecule has 3 heterocycles. The maximum absolute atomic E-state index is 12.5. The van der Waals surface area contributed by atoms with Crippen molar-refractivity contribution >= 4 is 40.6 Å². The van der Waals surface area contributed by atoms with Gasteiger partial charge in [0.15, 0.2) is 0 Å². The van der Waals surface area contributed by atoms with Crippen molar-refractivity contribution in [1.29, 1.82) is 0 Å². The number of fused-ring (bicyclic) bond motifs is 1. The Labute approximate surface area is 278 Å². The molecule has 8 nitrogen and oxygen atoms in total. The maximum Gasteiger partial charge on any atom is 0.410 e. The van der Waals surface area contributed by atoms with Gasteiger partial charge in [-0.25, -0.2) is 4.79 Å². The molecule has 0 spiro atoms. The van der Waals surface area contributed by atoms with Crippen LogP contribution in [0.2, 0.25) is 5.02 Å². The number of amides is 1. The molecule has 0 N–H and O–H groups in total. The number of esters is 1. The number of aromatic nitrogens is 2. The molecule has 0 bridgehead atoms. The number of nitrogens with zero attached hydrogens (tertiary/aromatic N) is 4. The lowest BCUT2D eigenvalue weighted by Crippen LogP contribution is -2.41. The molecule has 2 saturated heterocycles. The van der Waals surface area contributed by atoms with E-state index in [1.165, 1.54) is 5.39 Å². The average molecular weight is 649 g/mol. The highest BCUT2D eigenvalue weighted by molar-refractivity contribution is 6.30. The third-order valence-electron chi connectivity index (χ3n) is 8.55. The van der Waals surface area contributed by atoms with Gasteiger partial charge in [0.1, 0.15) is 11.2 Å². The van der Waals surface area contributed by atoms with E-state index in [4.69, 9.17) is 26.2 Å². The predicted octanol–water partition coefficient (Wildman–Crippen LogP) is 7.92. The van der Waals surface area contributed by atoms with Gasteiger partial charge in [-0.1, -0.05) is 48.0 Å². The van der Waals surface area contributed by atoms with Crippen LogP contribution in [0.25, 0.3) is 17.0 Å². The monoisotopic (exact) mass is 648 g/mol. The second kappa shape index (κ2) is 14.2. The molecule has 1 aromatic heterocycles. The summed E-state index contributed by atoms with van der Waals surface area (Å²) in [5.74, 6) is 0.563. The largest absolute Gasteiger partial charge is 0.459 e. The van der Waals surface area contributed by atoms with Gasteiger partial charge in [0.05, 0.1) is 24.3 Å². The Morgan fingerprint density at radius 2 is 1.54 bits per heavy atom. The van der Waals surface area contributed by atoms with Gasteiger partial charge in [0.25, 0.3) is 0 Å². The zero-order valence-electron chi connectivity index (χ0n) is 28.2. The number of hydrogen-bond donors (Lipinski definition) is 0. The van der Waals surface area contributed by atoms with Crippen molar-refractivity contribution in [2.45, 2.75) is 90.9 Å². The summed E-state index contributed by atoms with van der Waals surface area (Å²) in [6.45, 7) is 15.5. The topological polar surface area (TPSA) is 76.9 Å². The van der Waals surface area contributed by atoms with E-state index in [0.717, 1.165) is 66.1 Å². The summed E-state index contributed by atoms with van der Waals surface area (Å²) in [5.41, 5.74) is 3.57. The van der Waals surface area contributed by atoms with E-state index in [1.807, 2.05) is 58.6 Å². The number of hydrogen-bond acceptors (Lipinski definition) is 6. The van der Waals surface area contributed by atoms with Gasteiger partial charge in [-0.15, -0.1) is 0 Å². The molecule has 0 radical (unpaired) electrons. The van der Waals surface area contributed by atoms with Crippen molar-refractivity contribution in [2.75, 3.05) is 32.7 Å². The highest BCUT2D eigenvalue weighted by atomic mass is 35.5. The third kappa shape index (κ3) is 9.35. The molecule has 248 valence electrons. The molecule has 0 atom stereocenters. The molecule has 5 rings (SSSR count). The number of allylic oxidation sites excluding steroid dienone is 1. The van der Waals surface area contributed by atoms with E-state index >= 15 is 0 Å². The summed E-state index contributed by atoms with van der Waals surface area (Å²) in [4.78, 5) is 28.9. The Morgan fingerprint density at radius 1 is 0.891 bits per heavy atom. The van der Waals surface area contributed by atoms with Gasteiger partial charge in [-0.3, -0.25) is 14.4 Å². The van der Waals surface area contributed by atoms with Crippen LogP contribution < -0.4 is 0 Å². The number of carbonyl (C=O) groups excluding carboxylic acids is 2. The van der Waals surface area contributed by atoms with E-state index in [-0.39, 0.29) is 12.1 Å². The first-order valence-corrected chi connectivity index (χ1v) is 17.0. The zero-order valence-corrected chi connectivity index (χ0v) is 29.0. The number of benzene rings is 2. The van der Waals surface area contributed by atoms with Gasteiger partial charge in [-0.05, 0) is 116 Å². The molecule has 0 aliphatic carbocycles. The summed E-state index contributed by atoms with van der Waals surface area (Å²) in [6, 6.07) is 14.6. The van der Waals surface area contributed by atoms with Gasteiger partial charge in [0.2, 0.25) is 0 Å². The SMILES string of the molecule is CC(C)(C)OC(=O)CN1CCC(c2nn(Cc3ccc(Cl)cc3)c3cc(/C=C/C4CCN(C(=O)OC(C)(C)C)CC4)ccc23)CC1. The maximum atomic E-state index is 12.5. The highest BCUT2D eigenvalue weighted by Gasteiger charge is 2.28. The number of ether oxygens (including phenoxy) is 2. The van der Waals surface area contributed by atoms with Crippen LogP contribution in [0.5, 0.6) is 0 Å². The van der Waals surface area contributed by atoms with Crippen molar-refractivity contribution in [3.8, 4) is 0 Å². The minimum atomic E-state index is -0.481. The lowest BCUT2D eigenvalue weighted by atomic mass is 9.91. The normalized spacial score (nSPS) is 17.6. The van der Waals surface area contributed by atoms with Crippen LogP contribution in [-0.2, 0) is 20.8 Å². The lowest BCUT2D eigenvalue weighted by Gasteiger charge is -2.32. The van der Waals surface area contributed by atoms with Crippen LogP contribution in [0.1, 0.15) is 90.0 Å². The molecule has 2 fully saturated rings. The highest BCUT2D eigenvalue weighted by Crippen LogP contribution is 2.34. The summed E-state index contributed by atoms with van der Waals surface area (Å²) >= 11 is 6.17. The summed E-state index contributed by atoms with van der Waals surface area (Å²) in [7, 11) is 0. The molecular formula is C37H49ClN4O4. The first-order valence-electron chi connectivity index (χ1n) is 16.6. The van der Waals surface area contributed by atoms with Gasteiger partial charge < -0.3 is 14.4 Å². The van der Waals surface area contributed by atoms with E-state index in [0.29, 0.717) is 38.0 Å². The van der Waals surface area contributed by atoms with Crippen molar-refractivity contribution in [3.63, 3.8) is 0 Å². The number of rotatable bonds is 7. The summed E-state index contributed by atoms with van der Waals surface area (Å²) < 4.78 is 13.2. The Balaban J connectivity index is 1.30. The molecule has 2 aliphatic heterocycles. The van der Waals surface area contributed by atoms with Crippen LogP contribution in [0.3, 0.4) is 0 Å². The second-order valence-electron chi connectivity index (χ2n) is 14.7. The van der Waals surface area contributed by atoms with Crippen LogP contribution >= 0.6 is 11.6 Å². The Kier molecular flexibility index (Phi) is 10.5. The third-order valence-corrected chi connectivity index (χ3v) is 8.80. The molecule has 9 heteroatoms. The van der Waals surface area contributed by atoms with Crippen LogP contribution in [0.15, 0.2) is 48.5 Å². The molecule has 3 aromatic rings. The second-order valence-corrected chi connectivity index (χ2v) is 15.2. The van der Waals surface area contributed by atoms with E-state index in [1.54, 1.807) is 0 Å². The average Bonchev–Trinajstić information content (AvgIpc) is 3.33. The minimum Gasteiger partial charge on any atom is -0.459 e. The van der Waals surface area contributed by atoms with Crippen molar-refractivity contribution < 1.29 is 19.1 Å². The smallest absolute Gasteiger partial charge is 0.410 e. The number of likely N-dealkylation sites (tertiary alicyclic amines) is 2. The minimum absolute atomic E-state index is 0.169. The quantitative estimate of drug-likeness (QED) is 0.242. The Bertz CT molecular complexity index is 1530. The molecule has 46 heavy (non-hydrogen) atoms. The first-order chi connectivity index (χ1) is 21.7. The van der Waals surface area contributed by atoms with Crippen molar-refractivity contribution in [3.05, 3.63) is 70.4 Å². The Morgan fingerprint density at radius 3 is 2.17 bits per heavy atom. The number of carbonyl (C=O) groups is 2. The predicted molar refractivity (Wildman–Crippen MR) is 184 cm³/mol. The van der Waals surface area contributed by atoms with Gasteiger partial charge in [0, 0.05) is 29.4 Å². The molecule has 0 unspecified atom stereocenters. The lowest BCUT2D eigenvalue weighted by molar-refractivity contribution is -0.156. The summed E-state index contributed by atoms with van der Waals surface area (Å²) in [5, 5.41) is 7.11.